The van der Waals surface area contributed by atoms with Crippen molar-refractivity contribution in [2.75, 3.05) is 29.9 Å². The van der Waals surface area contributed by atoms with Crippen molar-refractivity contribution >= 4 is 21.4 Å². The van der Waals surface area contributed by atoms with Gasteiger partial charge < -0.3 is 5.32 Å². The van der Waals surface area contributed by atoms with Gasteiger partial charge >= 0.3 is 0 Å². The van der Waals surface area contributed by atoms with Crippen LogP contribution in [0.2, 0.25) is 0 Å². The van der Waals surface area contributed by atoms with Crippen LogP contribution in [0.1, 0.15) is 13.3 Å². The first-order chi connectivity index (χ1) is 10.3. The molecule has 0 aliphatic carbocycles. The average Bonchev–Trinajstić information content (AvgIpc) is 2.80. The van der Waals surface area contributed by atoms with Gasteiger partial charge in [0.2, 0.25) is 5.91 Å². The molecular weight excluding hydrogens is 314 g/mol. The average molecular weight is 332 g/mol. The first-order valence-electron chi connectivity index (χ1n) is 7.00. The number of hydrogen-bond acceptors (Lipinski definition) is 4. The highest BCUT2D eigenvalue weighted by Gasteiger charge is 2.32. The molecule has 0 saturated carbocycles. The van der Waals surface area contributed by atoms with Crippen molar-refractivity contribution in [3.8, 4) is 0 Å². The standard InChI is InChI=1S/C14H18F2N2O3S/c1-2-18(10-6-7-22(20,21)9-10)8-13(19)17-14-11(15)4-3-5-12(14)16/h3-5,10H,2,6-9H2,1H3,(H,17,19). The molecule has 1 fully saturated rings. The van der Waals surface area contributed by atoms with Gasteiger partial charge in [0.15, 0.2) is 9.84 Å². The Labute approximate surface area is 128 Å². The first kappa shape index (κ1) is 16.8. The number of carbonyl (C=O) groups excluding carboxylic acids is 1. The van der Waals surface area contributed by atoms with Crippen LogP contribution >= 0.6 is 0 Å². The summed E-state index contributed by atoms with van der Waals surface area (Å²) < 4.78 is 50.0. The minimum atomic E-state index is -3.05. The van der Waals surface area contributed by atoms with Crippen molar-refractivity contribution in [3.05, 3.63) is 29.8 Å². The maximum absolute atomic E-state index is 13.5. The van der Waals surface area contributed by atoms with E-state index in [2.05, 4.69) is 5.32 Å². The number of rotatable bonds is 5. The minimum absolute atomic E-state index is 0.0161. The van der Waals surface area contributed by atoms with Gasteiger partial charge in [-0.1, -0.05) is 13.0 Å². The Hall–Kier alpha value is -1.54. The number of benzene rings is 1. The quantitative estimate of drug-likeness (QED) is 0.885. The van der Waals surface area contributed by atoms with Crippen molar-refractivity contribution in [3.63, 3.8) is 0 Å². The van der Waals surface area contributed by atoms with Crippen LogP contribution in [0.5, 0.6) is 0 Å². The third kappa shape index (κ3) is 4.01. The molecule has 1 aliphatic heterocycles. The maximum Gasteiger partial charge on any atom is 0.238 e. The number of halogens is 2. The van der Waals surface area contributed by atoms with Crippen molar-refractivity contribution in [2.45, 2.75) is 19.4 Å². The number of nitrogens with one attached hydrogen (secondary N) is 1. The van der Waals surface area contributed by atoms with Crippen molar-refractivity contribution in [1.29, 1.82) is 0 Å². The van der Waals surface area contributed by atoms with Crippen LogP contribution in [-0.2, 0) is 14.6 Å². The van der Waals surface area contributed by atoms with E-state index in [0.29, 0.717) is 13.0 Å². The fourth-order valence-corrected chi connectivity index (χ4v) is 4.30. The highest BCUT2D eigenvalue weighted by molar-refractivity contribution is 7.91. The monoisotopic (exact) mass is 332 g/mol. The van der Waals surface area contributed by atoms with E-state index in [-0.39, 0.29) is 24.1 Å². The van der Waals surface area contributed by atoms with Gasteiger partial charge in [-0.15, -0.1) is 0 Å². The van der Waals surface area contributed by atoms with Crippen molar-refractivity contribution in [2.24, 2.45) is 0 Å². The molecule has 122 valence electrons. The van der Waals surface area contributed by atoms with Gasteiger partial charge in [0.25, 0.3) is 0 Å². The van der Waals surface area contributed by atoms with E-state index in [1.165, 1.54) is 6.07 Å². The Morgan fingerprint density at radius 2 is 2.00 bits per heavy atom. The van der Waals surface area contributed by atoms with Crippen LogP contribution in [0.25, 0.3) is 0 Å². The topological polar surface area (TPSA) is 66.5 Å². The molecule has 1 aromatic carbocycles. The fourth-order valence-electron chi connectivity index (χ4n) is 2.54. The van der Waals surface area contributed by atoms with Crippen LogP contribution in [0.3, 0.4) is 0 Å². The lowest BCUT2D eigenvalue weighted by molar-refractivity contribution is -0.117. The smallest absolute Gasteiger partial charge is 0.238 e. The van der Waals surface area contributed by atoms with Gasteiger partial charge in [-0.25, -0.2) is 17.2 Å². The lowest BCUT2D eigenvalue weighted by atomic mass is 10.2. The highest BCUT2D eigenvalue weighted by atomic mass is 32.2. The number of nitrogens with zero attached hydrogens (tertiary/aromatic N) is 1. The Balaban J connectivity index is 2.01. The van der Waals surface area contributed by atoms with Crippen LogP contribution < -0.4 is 5.32 Å². The van der Waals surface area contributed by atoms with Crippen molar-refractivity contribution in [1.82, 2.24) is 4.90 Å². The zero-order valence-corrected chi connectivity index (χ0v) is 13.0. The second kappa shape index (κ2) is 6.70. The molecule has 0 aromatic heterocycles. The molecule has 1 amide bonds. The van der Waals surface area contributed by atoms with Gasteiger partial charge in [-0.05, 0) is 25.1 Å². The normalized spacial score (nSPS) is 20.3. The van der Waals surface area contributed by atoms with E-state index in [1.807, 2.05) is 6.92 Å². The third-order valence-corrected chi connectivity index (χ3v) is 5.46. The summed E-state index contributed by atoms with van der Waals surface area (Å²) in [6.45, 7) is 2.18. The molecule has 5 nitrogen and oxygen atoms in total. The lowest BCUT2D eigenvalue weighted by Gasteiger charge is -2.25. The third-order valence-electron chi connectivity index (χ3n) is 3.70. The van der Waals surface area contributed by atoms with Gasteiger partial charge in [0, 0.05) is 6.04 Å². The summed E-state index contributed by atoms with van der Waals surface area (Å²) in [6, 6.07) is 3.09. The number of amides is 1. The molecule has 22 heavy (non-hydrogen) atoms. The number of sulfone groups is 1. The molecule has 1 unspecified atom stereocenters. The molecule has 1 atom stereocenters. The highest BCUT2D eigenvalue weighted by Crippen LogP contribution is 2.20. The molecule has 1 saturated heterocycles. The maximum atomic E-state index is 13.5. The molecule has 0 bridgehead atoms. The molecule has 0 spiro atoms. The second-order valence-corrected chi connectivity index (χ2v) is 7.49. The summed E-state index contributed by atoms with van der Waals surface area (Å²) in [4.78, 5) is 13.7. The Morgan fingerprint density at radius 3 is 2.50 bits per heavy atom. The van der Waals surface area contributed by atoms with Crippen LogP contribution in [0.15, 0.2) is 18.2 Å². The zero-order chi connectivity index (χ0) is 16.3. The number of carbonyl (C=O) groups is 1. The Kier molecular flexibility index (Phi) is 5.12. The van der Waals surface area contributed by atoms with Gasteiger partial charge in [0.05, 0.1) is 18.1 Å². The number of likely N-dealkylation sites (N-methyl/N-ethyl adjacent to an activating group) is 1. The fraction of sp³-hybridized carbons (Fsp3) is 0.500. The van der Waals surface area contributed by atoms with Crippen LogP contribution in [0, 0.1) is 11.6 Å². The van der Waals surface area contributed by atoms with Crippen molar-refractivity contribution < 1.29 is 22.0 Å². The Morgan fingerprint density at radius 1 is 1.36 bits per heavy atom. The molecule has 2 rings (SSSR count). The largest absolute Gasteiger partial charge is 0.320 e. The lowest BCUT2D eigenvalue weighted by Crippen LogP contribution is -2.41. The van der Waals surface area contributed by atoms with E-state index >= 15 is 0 Å². The predicted octanol–water partition coefficient (Wildman–Crippen LogP) is 1.41. The summed E-state index contributed by atoms with van der Waals surface area (Å²) in [5.41, 5.74) is -0.484. The molecular formula is C14H18F2N2O3S. The second-order valence-electron chi connectivity index (χ2n) is 5.26. The minimum Gasteiger partial charge on any atom is -0.320 e. The number of anilines is 1. The summed E-state index contributed by atoms with van der Waals surface area (Å²) in [5, 5.41) is 2.21. The van der Waals surface area contributed by atoms with E-state index in [1.54, 1.807) is 4.90 Å². The van der Waals surface area contributed by atoms with E-state index in [9.17, 15) is 22.0 Å². The van der Waals surface area contributed by atoms with Crippen LogP contribution in [-0.4, -0.2) is 49.9 Å². The van der Waals surface area contributed by atoms with Crippen LogP contribution in [0.4, 0.5) is 14.5 Å². The molecule has 8 heteroatoms. The van der Waals surface area contributed by atoms with Gasteiger partial charge in [-0.3, -0.25) is 9.69 Å². The predicted molar refractivity (Wildman–Crippen MR) is 79.3 cm³/mol. The van der Waals surface area contributed by atoms with E-state index in [4.69, 9.17) is 0 Å². The SMILES string of the molecule is CCN(CC(=O)Nc1c(F)cccc1F)C1CCS(=O)(=O)C1. The molecule has 1 aliphatic rings. The molecule has 1 aromatic rings. The summed E-state index contributed by atoms with van der Waals surface area (Å²) in [5.74, 6) is -2.14. The van der Waals surface area contributed by atoms with Gasteiger partial charge in [0.1, 0.15) is 17.3 Å². The van der Waals surface area contributed by atoms with Gasteiger partial charge in [-0.2, -0.15) is 0 Å². The number of hydrogen-bond donors (Lipinski definition) is 1. The Bertz CT molecular complexity index is 644. The summed E-state index contributed by atoms with van der Waals surface area (Å²) in [6.07, 6.45) is 0.470. The molecule has 0 radical (unpaired) electrons. The number of para-hydroxylation sites is 1. The molecule has 1 N–H and O–H groups in total. The zero-order valence-electron chi connectivity index (χ0n) is 12.2. The van der Waals surface area contributed by atoms with E-state index in [0.717, 1.165) is 12.1 Å². The summed E-state index contributed by atoms with van der Waals surface area (Å²) >= 11 is 0. The summed E-state index contributed by atoms with van der Waals surface area (Å²) in [7, 11) is -3.05. The first-order valence-corrected chi connectivity index (χ1v) is 8.83. The molecule has 1 heterocycles. The van der Waals surface area contributed by atoms with E-state index < -0.39 is 33.1 Å².